The molecule has 8 heteroatoms. The van der Waals surface area contributed by atoms with Crippen molar-refractivity contribution in [2.45, 2.75) is 24.4 Å². The van der Waals surface area contributed by atoms with Crippen molar-refractivity contribution in [3.8, 4) is 0 Å². The number of rotatable bonds is 3. The van der Waals surface area contributed by atoms with E-state index in [0.29, 0.717) is 19.4 Å². The molecule has 1 saturated carbocycles. The zero-order valence-corrected chi connectivity index (χ0v) is 10.5. The van der Waals surface area contributed by atoms with Crippen molar-refractivity contribution in [3.63, 3.8) is 0 Å². The number of hydrogen-bond acceptors (Lipinski definition) is 5. The molecular formula is C11H16N2O6. The molecule has 1 aliphatic heterocycles. The molecule has 2 fully saturated rings. The Labute approximate surface area is 109 Å². The lowest BCUT2D eigenvalue weighted by atomic mass is 10.2. The second kappa shape index (κ2) is 5.04. The molecule has 1 saturated heterocycles. The molecular weight excluding hydrogens is 256 g/mol. The first kappa shape index (κ1) is 13.6. The van der Waals surface area contributed by atoms with E-state index in [4.69, 9.17) is 9.84 Å². The highest BCUT2D eigenvalue weighted by atomic mass is 16.5. The molecule has 2 rings (SSSR count). The van der Waals surface area contributed by atoms with Crippen LogP contribution in [0.1, 0.15) is 12.8 Å². The van der Waals surface area contributed by atoms with Crippen LogP contribution in [0.2, 0.25) is 0 Å². The van der Waals surface area contributed by atoms with E-state index in [1.165, 1.54) is 12.0 Å². The number of nitrogens with one attached hydrogen (secondary N) is 1. The fraction of sp³-hybridized carbons (Fsp3) is 0.727. The lowest BCUT2D eigenvalue weighted by Crippen LogP contribution is -2.58. The number of carboxylic acids is 1. The maximum absolute atomic E-state index is 12.1. The summed E-state index contributed by atoms with van der Waals surface area (Å²) in [6, 6.07) is -1.40. The number of esters is 1. The van der Waals surface area contributed by atoms with Crippen LogP contribution in [0.3, 0.4) is 0 Å². The highest BCUT2D eigenvalue weighted by Gasteiger charge is 2.52. The fourth-order valence-electron chi connectivity index (χ4n) is 1.97. The number of hydrogen-bond donors (Lipinski definition) is 2. The molecule has 1 heterocycles. The van der Waals surface area contributed by atoms with Crippen LogP contribution >= 0.6 is 0 Å². The normalized spacial score (nSPS) is 24.5. The average molecular weight is 272 g/mol. The maximum Gasteiger partial charge on any atom is 0.331 e. The largest absolute Gasteiger partial charge is 0.480 e. The van der Waals surface area contributed by atoms with Gasteiger partial charge in [0.15, 0.2) is 6.04 Å². The average Bonchev–Trinajstić information content (AvgIpc) is 3.18. The van der Waals surface area contributed by atoms with E-state index in [-0.39, 0.29) is 13.2 Å². The summed E-state index contributed by atoms with van der Waals surface area (Å²) in [6.07, 6.45) is 0.808. The third-order valence-corrected chi connectivity index (χ3v) is 3.37. The number of ether oxygens (including phenoxy) is 2. The van der Waals surface area contributed by atoms with Crippen molar-refractivity contribution in [1.29, 1.82) is 0 Å². The molecule has 2 N–H and O–H groups in total. The van der Waals surface area contributed by atoms with Gasteiger partial charge in [0.05, 0.1) is 20.3 Å². The molecule has 0 spiro atoms. The smallest absolute Gasteiger partial charge is 0.331 e. The summed E-state index contributed by atoms with van der Waals surface area (Å²) in [5.74, 6) is -1.63. The Bertz CT molecular complexity index is 406. The number of methoxy groups -OCH3 is 1. The molecule has 1 aliphatic carbocycles. The number of carbonyl (C=O) groups is 3. The van der Waals surface area contributed by atoms with Crippen molar-refractivity contribution >= 4 is 18.0 Å². The predicted octanol–water partition coefficient (Wildman–Crippen LogP) is -0.813. The SMILES string of the molecule is COC(=O)C1COCCN1C(=O)NC1(C(=O)O)CC1. The minimum atomic E-state index is -1.17. The van der Waals surface area contributed by atoms with Crippen LogP contribution in [0, 0.1) is 0 Å². The quantitative estimate of drug-likeness (QED) is 0.651. The molecule has 0 bridgehead atoms. The fourth-order valence-corrected chi connectivity index (χ4v) is 1.97. The second-order valence-corrected chi connectivity index (χ2v) is 4.62. The Balaban J connectivity index is 2.04. The zero-order chi connectivity index (χ0) is 14.0. The number of urea groups is 1. The topological polar surface area (TPSA) is 105 Å². The summed E-state index contributed by atoms with van der Waals surface area (Å²) in [5, 5.41) is 11.5. The van der Waals surface area contributed by atoms with Crippen molar-refractivity contribution in [1.82, 2.24) is 10.2 Å². The summed E-state index contributed by atoms with van der Waals surface area (Å²) >= 11 is 0. The predicted molar refractivity (Wildman–Crippen MR) is 61.5 cm³/mol. The van der Waals surface area contributed by atoms with Crippen LogP contribution in [-0.2, 0) is 19.1 Å². The molecule has 1 atom stereocenters. The van der Waals surface area contributed by atoms with E-state index >= 15 is 0 Å². The van der Waals surface area contributed by atoms with Gasteiger partial charge in [-0.15, -0.1) is 0 Å². The van der Waals surface area contributed by atoms with Crippen LogP contribution in [0.4, 0.5) is 4.79 Å². The molecule has 0 aromatic rings. The van der Waals surface area contributed by atoms with Crippen LogP contribution in [0.25, 0.3) is 0 Å². The molecule has 0 aromatic carbocycles. The first-order valence-electron chi connectivity index (χ1n) is 5.98. The Morgan fingerprint density at radius 2 is 2.11 bits per heavy atom. The van der Waals surface area contributed by atoms with Crippen molar-refractivity contribution in [3.05, 3.63) is 0 Å². The number of nitrogens with zero attached hydrogens (tertiary/aromatic N) is 1. The van der Waals surface area contributed by atoms with E-state index in [2.05, 4.69) is 10.1 Å². The highest BCUT2D eigenvalue weighted by Crippen LogP contribution is 2.35. The molecule has 2 aliphatic rings. The third kappa shape index (κ3) is 2.62. The van der Waals surface area contributed by atoms with E-state index in [9.17, 15) is 14.4 Å². The van der Waals surface area contributed by atoms with Gasteiger partial charge in [0.1, 0.15) is 5.54 Å². The van der Waals surface area contributed by atoms with Crippen molar-refractivity contribution in [2.75, 3.05) is 26.9 Å². The van der Waals surface area contributed by atoms with Gasteiger partial charge in [-0.2, -0.15) is 0 Å². The number of carboxylic acid groups (broad SMARTS) is 1. The lowest BCUT2D eigenvalue weighted by Gasteiger charge is -2.34. The summed E-state index contributed by atoms with van der Waals surface area (Å²) in [6.45, 7) is 0.586. The van der Waals surface area contributed by atoms with E-state index < -0.39 is 29.6 Å². The van der Waals surface area contributed by atoms with Crippen molar-refractivity contribution < 1.29 is 29.0 Å². The summed E-state index contributed by atoms with van der Waals surface area (Å²) < 4.78 is 9.75. The number of carbonyl (C=O) groups excluding carboxylic acids is 2. The van der Waals surface area contributed by atoms with Crippen molar-refractivity contribution in [2.24, 2.45) is 0 Å². The van der Waals surface area contributed by atoms with Gasteiger partial charge >= 0.3 is 18.0 Å². The van der Waals surface area contributed by atoms with Crippen LogP contribution in [-0.4, -0.2) is 66.4 Å². The Kier molecular flexibility index (Phi) is 3.61. The van der Waals surface area contributed by atoms with Gasteiger partial charge in [0, 0.05) is 6.54 Å². The van der Waals surface area contributed by atoms with Crippen LogP contribution < -0.4 is 5.32 Å². The molecule has 1 unspecified atom stereocenters. The first-order chi connectivity index (χ1) is 9.00. The Morgan fingerprint density at radius 3 is 2.63 bits per heavy atom. The number of morpholine rings is 1. The highest BCUT2D eigenvalue weighted by molar-refractivity contribution is 5.90. The minimum absolute atomic E-state index is 0.0557. The third-order valence-electron chi connectivity index (χ3n) is 3.37. The van der Waals surface area contributed by atoms with Gasteiger partial charge in [0.25, 0.3) is 0 Å². The molecule has 8 nitrogen and oxygen atoms in total. The standard InChI is InChI=1S/C11H16N2O6/c1-18-8(14)7-6-19-5-4-13(7)10(17)12-11(2-3-11)9(15)16/h7H,2-6H2,1H3,(H,12,17)(H,15,16). The Hall–Kier alpha value is -1.83. The summed E-state index contributed by atoms with van der Waals surface area (Å²) in [5.41, 5.74) is -1.17. The lowest BCUT2D eigenvalue weighted by molar-refractivity contribution is -0.151. The monoisotopic (exact) mass is 272 g/mol. The minimum Gasteiger partial charge on any atom is -0.480 e. The molecule has 19 heavy (non-hydrogen) atoms. The van der Waals surface area contributed by atoms with Crippen LogP contribution in [0.5, 0.6) is 0 Å². The van der Waals surface area contributed by atoms with E-state index in [0.717, 1.165) is 0 Å². The summed E-state index contributed by atoms with van der Waals surface area (Å²) in [4.78, 5) is 35.9. The number of aliphatic carboxylic acids is 1. The number of amides is 2. The van der Waals surface area contributed by atoms with Crippen LogP contribution in [0.15, 0.2) is 0 Å². The van der Waals surface area contributed by atoms with Gasteiger partial charge in [-0.05, 0) is 12.8 Å². The molecule has 106 valence electrons. The van der Waals surface area contributed by atoms with E-state index in [1.54, 1.807) is 0 Å². The van der Waals surface area contributed by atoms with E-state index in [1.807, 2.05) is 0 Å². The molecule has 2 amide bonds. The maximum atomic E-state index is 12.1. The Morgan fingerprint density at radius 1 is 1.42 bits per heavy atom. The van der Waals surface area contributed by atoms with Gasteiger partial charge in [-0.25, -0.2) is 14.4 Å². The molecule has 0 radical (unpaired) electrons. The first-order valence-corrected chi connectivity index (χ1v) is 5.98. The summed E-state index contributed by atoms with van der Waals surface area (Å²) in [7, 11) is 1.23. The van der Waals surface area contributed by atoms with Gasteiger partial charge in [-0.3, -0.25) is 0 Å². The van der Waals surface area contributed by atoms with Gasteiger partial charge in [-0.1, -0.05) is 0 Å². The second-order valence-electron chi connectivity index (χ2n) is 4.62. The zero-order valence-electron chi connectivity index (χ0n) is 10.5. The molecule has 0 aromatic heterocycles. The van der Waals surface area contributed by atoms with Gasteiger partial charge < -0.3 is 24.8 Å². The van der Waals surface area contributed by atoms with Gasteiger partial charge in [0.2, 0.25) is 0 Å².